The van der Waals surface area contributed by atoms with Crippen molar-refractivity contribution in [2.45, 2.75) is 13.0 Å². The number of ether oxygens (including phenoxy) is 1. The second kappa shape index (κ2) is 6.96. The highest BCUT2D eigenvalue weighted by Gasteiger charge is 2.10. The molecule has 0 fully saturated rings. The summed E-state index contributed by atoms with van der Waals surface area (Å²) in [6.45, 7) is 2.17. The monoisotopic (exact) mass is 286 g/mol. The third kappa shape index (κ3) is 4.76. The third-order valence-electron chi connectivity index (χ3n) is 2.42. The first kappa shape index (κ1) is 15.3. The number of carboxylic acid groups (broad SMARTS) is 1. The standard InChI is InChI=1S/C12H15ClN2O4/c1-7(19-2)6-14-12(18)15-10-4-3-8(11(16)17)5-9(10)13/h3-5,7H,6H2,1-2H3,(H,16,17)(H2,14,15,18). The summed E-state index contributed by atoms with van der Waals surface area (Å²) in [5.41, 5.74) is 0.401. The lowest BCUT2D eigenvalue weighted by atomic mass is 10.2. The molecule has 2 amide bonds. The first-order valence-electron chi connectivity index (χ1n) is 5.54. The molecule has 104 valence electrons. The fourth-order valence-corrected chi connectivity index (χ4v) is 1.46. The largest absolute Gasteiger partial charge is 0.478 e. The van der Waals surface area contributed by atoms with Gasteiger partial charge < -0.3 is 20.5 Å². The molecule has 3 N–H and O–H groups in total. The van der Waals surface area contributed by atoms with Crippen LogP contribution in [0.15, 0.2) is 18.2 Å². The number of carbonyl (C=O) groups excluding carboxylic acids is 1. The Morgan fingerprint density at radius 3 is 2.68 bits per heavy atom. The van der Waals surface area contributed by atoms with E-state index in [4.69, 9.17) is 21.4 Å². The van der Waals surface area contributed by atoms with E-state index in [0.717, 1.165) is 0 Å². The van der Waals surface area contributed by atoms with E-state index >= 15 is 0 Å². The highest BCUT2D eigenvalue weighted by Crippen LogP contribution is 2.22. The van der Waals surface area contributed by atoms with Crippen molar-refractivity contribution in [2.24, 2.45) is 0 Å². The molecule has 0 heterocycles. The fraction of sp³-hybridized carbons (Fsp3) is 0.333. The van der Waals surface area contributed by atoms with Crippen molar-refractivity contribution in [3.8, 4) is 0 Å². The van der Waals surface area contributed by atoms with Crippen molar-refractivity contribution in [3.63, 3.8) is 0 Å². The molecule has 1 aromatic carbocycles. The van der Waals surface area contributed by atoms with Crippen LogP contribution in [-0.4, -0.2) is 36.9 Å². The molecular formula is C12H15ClN2O4. The minimum absolute atomic E-state index is 0.0592. The predicted octanol–water partition coefficient (Wildman–Crippen LogP) is 2.19. The number of hydrogen-bond donors (Lipinski definition) is 3. The fourth-order valence-electron chi connectivity index (χ4n) is 1.24. The zero-order chi connectivity index (χ0) is 14.4. The normalized spacial score (nSPS) is 11.7. The lowest BCUT2D eigenvalue weighted by Gasteiger charge is -2.12. The maximum absolute atomic E-state index is 11.6. The molecule has 0 aliphatic carbocycles. The Bertz CT molecular complexity index is 479. The molecule has 0 spiro atoms. The average molecular weight is 287 g/mol. The highest BCUT2D eigenvalue weighted by atomic mass is 35.5. The SMILES string of the molecule is COC(C)CNC(=O)Nc1ccc(C(=O)O)cc1Cl. The van der Waals surface area contributed by atoms with Gasteiger partial charge in [-0.05, 0) is 25.1 Å². The Balaban J connectivity index is 2.62. The van der Waals surface area contributed by atoms with Crippen LogP contribution in [0.25, 0.3) is 0 Å². The van der Waals surface area contributed by atoms with Gasteiger partial charge in [0, 0.05) is 13.7 Å². The number of carbonyl (C=O) groups is 2. The van der Waals surface area contributed by atoms with Crippen LogP contribution in [0.5, 0.6) is 0 Å². The van der Waals surface area contributed by atoms with Gasteiger partial charge >= 0.3 is 12.0 Å². The first-order chi connectivity index (χ1) is 8.93. The Hall–Kier alpha value is -1.79. The van der Waals surface area contributed by atoms with Gasteiger partial charge in [-0.1, -0.05) is 11.6 Å². The summed E-state index contributed by atoms with van der Waals surface area (Å²) in [6.07, 6.45) is -0.101. The Kier molecular flexibility index (Phi) is 5.59. The van der Waals surface area contributed by atoms with Crippen LogP contribution >= 0.6 is 11.6 Å². The van der Waals surface area contributed by atoms with Crippen molar-refractivity contribution in [2.75, 3.05) is 19.0 Å². The number of benzene rings is 1. The summed E-state index contributed by atoms with van der Waals surface area (Å²) in [5, 5.41) is 14.1. The Morgan fingerprint density at radius 1 is 1.47 bits per heavy atom. The van der Waals surface area contributed by atoms with Gasteiger partial charge in [0.05, 0.1) is 22.4 Å². The van der Waals surface area contributed by atoms with E-state index < -0.39 is 12.0 Å². The van der Waals surface area contributed by atoms with E-state index in [-0.39, 0.29) is 16.7 Å². The van der Waals surface area contributed by atoms with Crippen molar-refractivity contribution < 1.29 is 19.4 Å². The Labute approximate surface area is 115 Å². The van der Waals surface area contributed by atoms with Crippen molar-refractivity contribution in [3.05, 3.63) is 28.8 Å². The van der Waals surface area contributed by atoms with Crippen LogP contribution in [0.4, 0.5) is 10.5 Å². The molecule has 1 unspecified atom stereocenters. The van der Waals surface area contributed by atoms with E-state index in [1.54, 1.807) is 7.11 Å². The molecule has 1 atom stereocenters. The number of carboxylic acids is 1. The zero-order valence-electron chi connectivity index (χ0n) is 10.6. The van der Waals surface area contributed by atoms with Gasteiger partial charge in [-0.2, -0.15) is 0 Å². The topological polar surface area (TPSA) is 87.7 Å². The lowest BCUT2D eigenvalue weighted by molar-refractivity contribution is 0.0697. The van der Waals surface area contributed by atoms with Crippen LogP contribution in [-0.2, 0) is 4.74 Å². The molecular weight excluding hydrogens is 272 g/mol. The highest BCUT2D eigenvalue weighted by molar-refractivity contribution is 6.34. The minimum atomic E-state index is -1.08. The number of hydrogen-bond acceptors (Lipinski definition) is 3. The van der Waals surface area contributed by atoms with Crippen molar-refractivity contribution in [1.82, 2.24) is 5.32 Å². The quantitative estimate of drug-likeness (QED) is 0.774. The molecule has 19 heavy (non-hydrogen) atoms. The number of anilines is 1. The van der Waals surface area contributed by atoms with E-state index in [1.807, 2.05) is 6.92 Å². The van der Waals surface area contributed by atoms with Gasteiger partial charge in [-0.25, -0.2) is 9.59 Å². The van der Waals surface area contributed by atoms with Gasteiger partial charge in [0.25, 0.3) is 0 Å². The number of rotatable bonds is 5. The second-order valence-electron chi connectivity index (χ2n) is 3.88. The summed E-state index contributed by atoms with van der Waals surface area (Å²) < 4.78 is 4.98. The maximum Gasteiger partial charge on any atom is 0.335 e. The smallest absolute Gasteiger partial charge is 0.335 e. The van der Waals surface area contributed by atoms with Crippen LogP contribution in [0.1, 0.15) is 17.3 Å². The summed E-state index contributed by atoms with van der Waals surface area (Å²) in [7, 11) is 1.55. The number of halogens is 1. The molecule has 7 heteroatoms. The van der Waals surface area contributed by atoms with E-state index in [9.17, 15) is 9.59 Å². The molecule has 0 aliphatic rings. The lowest BCUT2D eigenvalue weighted by Crippen LogP contribution is -2.34. The molecule has 0 radical (unpaired) electrons. The zero-order valence-corrected chi connectivity index (χ0v) is 11.3. The van der Waals surface area contributed by atoms with Gasteiger partial charge in [-0.3, -0.25) is 0 Å². The number of aromatic carboxylic acids is 1. The van der Waals surface area contributed by atoms with Gasteiger partial charge in [0.15, 0.2) is 0 Å². The molecule has 0 aromatic heterocycles. The second-order valence-corrected chi connectivity index (χ2v) is 4.29. The van der Waals surface area contributed by atoms with Gasteiger partial charge in [0.2, 0.25) is 0 Å². The molecule has 0 saturated carbocycles. The summed E-state index contributed by atoms with van der Waals surface area (Å²) >= 11 is 5.88. The predicted molar refractivity (Wildman–Crippen MR) is 71.9 cm³/mol. The van der Waals surface area contributed by atoms with Crippen LogP contribution in [0, 0.1) is 0 Å². The number of methoxy groups -OCH3 is 1. The first-order valence-corrected chi connectivity index (χ1v) is 5.92. The van der Waals surface area contributed by atoms with Crippen molar-refractivity contribution in [1.29, 1.82) is 0 Å². The molecule has 1 aromatic rings. The van der Waals surface area contributed by atoms with E-state index in [2.05, 4.69) is 10.6 Å². The van der Waals surface area contributed by atoms with Gasteiger partial charge in [0.1, 0.15) is 0 Å². The molecule has 6 nitrogen and oxygen atoms in total. The molecule has 0 saturated heterocycles. The molecule has 0 bridgehead atoms. The van der Waals surface area contributed by atoms with Crippen molar-refractivity contribution >= 4 is 29.3 Å². The summed E-state index contributed by atoms with van der Waals surface area (Å²) in [4.78, 5) is 22.3. The third-order valence-corrected chi connectivity index (χ3v) is 2.73. The Morgan fingerprint density at radius 2 is 2.16 bits per heavy atom. The summed E-state index contributed by atoms with van der Waals surface area (Å²) in [6, 6.07) is 3.64. The molecule has 1 rings (SSSR count). The number of amides is 2. The van der Waals surface area contributed by atoms with Crippen LogP contribution in [0.3, 0.4) is 0 Å². The van der Waals surface area contributed by atoms with Crippen LogP contribution < -0.4 is 10.6 Å². The van der Waals surface area contributed by atoms with E-state index in [1.165, 1.54) is 18.2 Å². The summed E-state index contributed by atoms with van der Waals surface area (Å²) in [5.74, 6) is -1.08. The number of urea groups is 1. The van der Waals surface area contributed by atoms with Crippen LogP contribution in [0.2, 0.25) is 5.02 Å². The average Bonchev–Trinajstić information content (AvgIpc) is 2.38. The maximum atomic E-state index is 11.6. The minimum Gasteiger partial charge on any atom is -0.478 e. The number of nitrogens with one attached hydrogen (secondary N) is 2. The molecule has 0 aliphatic heterocycles. The van der Waals surface area contributed by atoms with Gasteiger partial charge in [-0.15, -0.1) is 0 Å². The van der Waals surface area contributed by atoms with E-state index in [0.29, 0.717) is 12.2 Å².